The molecule has 0 saturated carbocycles. The van der Waals surface area contributed by atoms with E-state index in [1.165, 1.54) is 6.21 Å². The Labute approximate surface area is 207 Å². The number of nitrogens with zero attached hydrogens (tertiary/aromatic N) is 1. The number of ether oxygens (including phenoxy) is 3. The van der Waals surface area contributed by atoms with Gasteiger partial charge in [-0.2, -0.15) is 5.10 Å². The lowest BCUT2D eigenvalue weighted by atomic mass is 10.2. The molecule has 0 radical (unpaired) electrons. The summed E-state index contributed by atoms with van der Waals surface area (Å²) in [7, 11) is 0. The summed E-state index contributed by atoms with van der Waals surface area (Å²) in [4.78, 5) is 35.6. The van der Waals surface area contributed by atoms with Crippen LogP contribution in [0.2, 0.25) is 0 Å². The third kappa shape index (κ3) is 9.22. The second-order valence-electron chi connectivity index (χ2n) is 7.06. The summed E-state index contributed by atoms with van der Waals surface area (Å²) < 4.78 is 16.5. The maximum atomic E-state index is 12.0. The molecule has 0 saturated heterocycles. The number of halogens is 1. The number of esters is 1. The summed E-state index contributed by atoms with van der Waals surface area (Å²) in [5.41, 5.74) is 4.79. The molecule has 2 amide bonds. The van der Waals surface area contributed by atoms with Gasteiger partial charge in [-0.05, 0) is 66.5 Å². The van der Waals surface area contributed by atoms with Gasteiger partial charge in [0.25, 0.3) is 0 Å². The Balaban J connectivity index is 1.89. The van der Waals surface area contributed by atoms with E-state index in [1.54, 1.807) is 31.2 Å². The molecule has 0 aliphatic carbocycles. The van der Waals surface area contributed by atoms with Crippen LogP contribution in [0, 0.1) is 6.92 Å². The van der Waals surface area contributed by atoms with Crippen LogP contribution in [0.4, 0.5) is 5.69 Å². The average Bonchev–Trinajstić information content (AvgIpc) is 2.79. The number of rotatable bonds is 12. The number of anilines is 1. The topological polar surface area (TPSA) is 115 Å². The van der Waals surface area contributed by atoms with Crippen molar-refractivity contribution >= 4 is 45.6 Å². The molecule has 182 valence electrons. The summed E-state index contributed by atoms with van der Waals surface area (Å²) in [6.07, 6.45) is 1.46. The fourth-order valence-corrected chi connectivity index (χ4v) is 3.30. The van der Waals surface area contributed by atoms with Gasteiger partial charge in [0, 0.05) is 18.5 Å². The second-order valence-corrected chi connectivity index (χ2v) is 7.92. The zero-order valence-electron chi connectivity index (χ0n) is 19.4. The van der Waals surface area contributed by atoms with Crippen molar-refractivity contribution in [1.29, 1.82) is 0 Å². The molecule has 2 N–H and O–H groups in total. The Bertz CT molecular complexity index is 1020. The molecule has 2 aromatic carbocycles. The highest BCUT2D eigenvalue weighted by Gasteiger charge is 2.14. The van der Waals surface area contributed by atoms with E-state index >= 15 is 0 Å². The first kappa shape index (κ1) is 26.8. The molecule has 0 heterocycles. The minimum Gasteiger partial charge on any atom is -0.490 e. The molecule has 0 aliphatic rings. The van der Waals surface area contributed by atoms with E-state index in [0.717, 1.165) is 5.56 Å². The summed E-state index contributed by atoms with van der Waals surface area (Å²) >= 11 is 3.40. The number of nitrogens with one attached hydrogen (secondary N) is 2. The number of aryl methyl sites for hydroxylation is 1. The Morgan fingerprint density at radius 2 is 1.71 bits per heavy atom. The second kappa shape index (κ2) is 14.0. The fraction of sp³-hybridized carbons (Fsp3) is 0.333. The number of carbonyl (C=O) groups excluding carboxylic acids is 3. The number of hydrazone groups is 1. The standard InChI is InChI=1S/C24H28BrN3O6/c1-4-32-20-13-17(12-19(25)24(20)34-15-23(31)33-5-2)14-26-28-22(30)11-10-21(29)27-18-8-6-16(3)7-9-18/h6-9,12-14H,4-5,10-11,15H2,1-3H3,(H,27,29)(H,28,30). The first-order chi connectivity index (χ1) is 16.3. The van der Waals surface area contributed by atoms with Crippen LogP contribution in [-0.2, 0) is 19.1 Å². The normalized spacial score (nSPS) is 10.6. The highest BCUT2D eigenvalue weighted by atomic mass is 79.9. The van der Waals surface area contributed by atoms with Crippen LogP contribution in [0.15, 0.2) is 46.0 Å². The summed E-state index contributed by atoms with van der Waals surface area (Å²) in [5.74, 6) is -0.379. The van der Waals surface area contributed by atoms with Crippen LogP contribution < -0.4 is 20.2 Å². The number of hydrogen-bond donors (Lipinski definition) is 2. The van der Waals surface area contributed by atoms with Crippen LogP contribution in [0.3, 0.4) is 0 Å². The maximum Gasteiger partial charge on any atom is 0.344 e. The van der Waals surface area contributed by atoms with Gasteiger partial charge in [0.2, 0.25) is 11.8 Å². The zero-order valence-corrected chi connectivity index (χ0v) is 20.9. The van der Waals surface area contributed by atoms with E-state index in [1.807, 2.05) is 26.0 Å². The third-order valence-electron chi connectivity index (χ3n) is 4.29. The van der Waals surface area contributed by atoms with Crippen LogP contribution in [-0.4, -0.2) is 43.8 Å². The Morgan fingerprint density at radius 3 is 2.38 bits per heavy atom. The lowest BCUT2D eigenvalue weighted by Gasteiger charge is -2.14. The number of hydrogen-bond acceptors (Lipinski definition) is 7. The van der Waals surface area contributed by atoms with Gasteiger partial charge >= 0.3 is 5.97 Å². The fourth-order valence-electron chi connectivity index (χ4n) is 2.72. The van der Waals surface area contributed by atoms with Crippen LogP contribution in [0.5, 0.6) is 11.5 Å². The molecule has 0 atom stereocenters. The SMILES string of the molecule is CCOC(=O)COc1c(Br)cc(C=NNC(=O)CCC(=O)Nc2ccc(C)cc2)cc1OCC. The lowest BCUT2D eigenvalue weighted by Crippen LogP contribution is -2.20. The first-order valence-corrected chi connectivity index (χ1v) is 11.5. The Morgan fingerprint density at radius 1 is 1.00 bits per heavy atom. The maximum absolute atomic E-state index is 12.0. The van der Waals surface area contributed by atoms with Crippen LogP contribution >= 0.6 is 15.9 Å². The van der Waals surface area contributed by atoms with Crippen molar-refractivity contribution in [1.82, 2.24) is 5.43 Å². The molecule has 2 rings (SSSR count). The van der Waals surface area contributed by atoms with Gasteiger partial charge in [0.15, 0.2) is 18.1 Å². The predicted molar refractivity (Wildman–Crippen MR) is 132 cm³/mol. The number of benzene rings is 2. The molecular weight excluding hydrogens is 506 g/mol. The van der Waals surface area contributed by atoms with E-state index in [2.05, 4.69) is 31.8 Å². The van der Waals surface area contributed by atoms with Gasteiger partial charge in [-0.1, -0.05) is 17.7 Å². The Kier molecular flexibility index (Phi) is 11.0. The highest BCUT2D eigenvalue weighted by Crippen LogP contribution is 2.36. The summed E-state index contributed by atoms with van der Waals surface area (Å²) in [6.45, 7) is 5.88. The van der Waals surface area contributed by atoms with Crippen molar-refractivity contribution in [2.24, 2.45) is 5.10 Å². The minimum atomic E-state index is -0.488. The zero-order chi connectivity index (χ0) is 24.9. The van der Waals surface area contributed by atoms with Gasteiger partial charge in [-0.15, -0.1) is 0 Å². The molecule has 0 unspecified atom stereocenters. The summed E-state index contributed by atoms with van der Waals surface area (Å²) in [6, 6.07) is 10.8. The van der Waals surface area contributed by atoms with Gasteiger partial charge in [0.05, 0.1) is 23.9 Å². The molecule has 2 aromatic rings. The quantitative estimate of drug-likeness (QED) is 0.242. The molecule has 10 heteroatoms. The molecule has 0 aliphatic heterocycles. The first-order valence-electron chi connectivity index (χ1n) is 10.8. The Hall–Kier alpha value is -3.40. The number of amides is 2. The van der Waals surface area contributed by atoms with Crippen molar-refractivity contribution < 1.29 is 28.6 Å². The van der Waals surface area contributed by atoms with Crippen molar-refractivity contribution in [3.63, 3.8) is 0 Å². The van der Waals surface area contributed by atoms with E-state index in [4.69, 9.17) is 14.2 Å². The molecule has 0 bridgehead atoms. The molecule has 34 heavy (non-hydrogen) atoms. The molecular formula is C24H28BrN3O6. The third-order valence-corrected chi connectivity index (χ3v) is 4.88. The van der Waals surface area contributed by atoms with Crippen molar-refractivity contribution in [2.75, 3.05) is 25.1 Å². The van der Waals surface area contributed by atoms with Crippen molar-refractivity contribution in [3.8, 4) is 11.5 Å². The minimum absolute atomic E-state index is 0.0104. The van der Waals surface area contributed by atoms with E-state index in [0.29, 0.717) is 33.8 Å². The largest absolute Gasteiger partial charge is 0.490 e. The number of carbonyl (C=O) groups is 3. The van der Waals surface area contributed by atoms with E-state index in [9.17, 15) is 14.4 Å². The van der Waals surface area contributed by atoms with Crippen molar-refractivity contribution in [2.45, 2.75) is 33.6 Å². The average molecular weight is 534 g/mol. The molecule has 0 aromatic heterocycles. The highest BCUT2D eigenvalue weighted by molar-refractivity contribution is 9.10. The van der Waals surface area contributed by atoms with Gasteiger partial charge in [0.1, 0.15) is 0 Å². The van der Waals surface area contributed by atoms with E-state index < -0.39 is 11.9 Å². The van der Waals surface area contributed by atoms with Gasteiger partial charge < -0.3 is 19.5 Å². The van der Waals surface area contributed by atoms with Crippen LogP contribution in [0.1, 0.15) is 37.8 Å². The van der Waals surface area contributed by atoms with Gasteiger partial charge in [-0.3, -0.25) is 9.59 Å². The predicted octanol–water partition coefficient (Wildman–Crippen LogP) is 3.97. The molecule has 9 nitrogen and oxygen atoms in total. The molecule has 0 spiro atoms. The lowest BCUT2D eigenvalue weighted by molar-refractivity contribution is -0.145. The molecule has 0 fully saturated rings. The van der Waals surface area contributed by atoms with Crippen molar-refractivity contribution in [3.05, 3.63) is 52.0 Å². The van der Waals surface area contributed by atoms with E-state index in [-0.39, 0.29) is 32.0 Å². The monoisotopic (exact) mass is 533 g/mol. The van der Waals surface area contributed by atoms with Crippen LogP contribution in [0.25, 0.3) is 0 Å². The summed E-state index contributed by atoms with van der Waals surface area (Å²) in [5, 5.41) is 6.68. The van der Waals surface area contributed by atoms with Gasteiger partial charge in [-0.25, -0.2) is 10.2 Å². The smallest absolute Gasteiger partial charge is 0.344 e.